The number of hydrogen-bond acceptors (Lipinski definition) is 2. The number of nitrogens with one attached hydrogen (secondary N) is 1. The van der Waals surface area contributed by atoms with E-state index in [1.807, 2.05) is 27.0 Å². The van der Waals surface area contributed by atoms with E-state index in [-0.39, 0.29) is 5.41 Å². The Bertz CT molecular complexity index is 408. The van der Waals surface area contributed by atoms with Crippen LogP contribution in [0.5, 0.6) is 0 Å². The molecule has 0 spiro atoms. The first-order valence-corrected chi connectivity index (χ1v) is 6.48. The summed E-state index contributed by atoms with van der Waals surface area (Å²) in [5.74, 6) is 0.321. The number of rotatable bonds is 6. The molecule has 2 atom stereocenters. The van der Waals surface area contributed by atoms with Crippen LogP contribution in [-0.4, -0.2) is 13.3 Å². The molecule has 0 amide bonds. The monoisotopic (exact) mass is 245 g/mol. The Labute approximate surface area is 110 Å². The Morgan fingerprint density at radius 1 is 1.33 bits per heavy atom. The fourth-order valence-corrected chi connectivity index (χ4v) is 1.67. The highest BCUT2D eigenvalue weighted by Crippen LogP contribution is 2.24. The first kappa shape index (κ1) is 14.5. The van der Waals surface area contributed by atoms with Crippen LogP contribution < -0.4 is 5.32 Å². The van der Waals surface area contributed by atoms with Crippen LogP contribution in [0.4, 0.5) is 5.69 Å². The van der Waals surface area contributed by atoms with Crippen LogP contribution in [-0.2, 0) is 4.79 Å². The molecular weight excluding hydrogens is 222 g/mol. The van der Waals surface area contributed by atoms with Gasteiger partial charge in [0.25, 0.3) is 0 Å². The molecule has 2 heteroatoms. The lowest BCUT2D eigenvalue weighted by Gasteiger charge is -2.16. The van der Waals surface area contributed by atoms with Crippen molar-refractivity contribution in [2.75, 3.05) is 12.4 Å². The molecule has 0 bridgehead atoms. The Hall–Kier alpha value is -1.57. The average molecular weight is 245 g/mol. The van der Waals surface area contributed by atoms with Crippen molar-refractivity contribution in [2.24, 2.45) is 5.41 Å². The molecule has 0 saturated carbocycles. The molecule has 0 aliphatic rings. The lowest BCUT2D eigenvalue weighted by Crippen LogP contribution is -2.13. The van der Waals surface area contributed by atoms with Crippen LogP contribution in [0.15, 0.2) is 36.4 Å². The molecule has 1 N–H and O–H groups in total. The van der Waals surface area contributed by atoms with Crippen molar-refractivity contribution < 1.29 is 4.79 Å². The van der Waals surface area contributed by atoms with Gasteiger partial charge in [0.2, 0.25) is 0 Å². The zero-order valence-electron chi connectivity index (χ0n) is 11.7. The molecule has 0 heterocycles. The fraction of sp³-hybridized carbons (Fsp3) is 0.438. The average Bonchev–Trinajstić information content (AvgIpc) is 2.44. The smallest absolute Gasteiger partial charge is 0.129 e. The summed E-state index contributed by atoms with van der Waals surface area (Å²) in [5, 5.41) is 3.10. The zero-order valence-corrected chi connectivity index (χ0v) is 11.7. The first-order valence-electron chi connectivity index (χ1n) is 6.48. The highest BCUT2D eigenvalue weighted by atomic mass is 16.1. The first-order chi connectivity index (χ1) is 8.54. The number of benzene rings is 1. The quantitative estimate of drug-likeness (QED) is 0.606. The summed E-state index contributed by atoms with van der Waals surface area (Å²) < 4.78 is 0. The second-order valence-corrected chi connectivity index (χ2v) is 5.00. The Morgan fingerprint density at radius 2 is 1.94 bits per heavy atom. The number of aldehydes is 1. The standard InChI is InChI=1S/C16H23NO/c1-5-16(3,12-18)11-10-13(2)14-6-8-15(17-4)9-7-14/h6-13,17H,5H2,1-4H3/b11-10+. The van der Waals surface area contributed by atoms with Crippen molar-refractivity contribution in [3.8, 4) is 0 Å². The summed E-state index contributed by atoms with van der Waals surface area (Å²) in [6, 6.07) is 8.37. The minimum Gasteiger partial charge on any atom is -0.388 e. The molecule has 0 saturated heterocycles. The van der Waals surface area contributed by atoms with E-state index in [0.717, 1.165) is 18.4 Å². The van der Waals surface area contributed by atoms with E-state index >= 15 is 0 Å². The predicted octanol–water partition coefficient (Wildman–Crippen LogP) is 4.00. The second kappa shape index (κ2) is 6.39. The topological polar surface area (TPSA) is 29.1 Å². The summed E-state index contributed by atoms with van der Waals surface area (Å²) in [6.07, 6.45) is 6.00. The van der Waals surface area contributed by atoms with E-state index in [2.05, 4.69) is 42.6 Å². The van der Waals surface area contributed by atoms with Gasteiger partial charge in [-0.1, -0.05) is 38.1 Å². The molecule has 0 fully saturated rings. The molecule has 0 aliphatic heterocycles. The van der Waals surface area contributed by atoms with E-state index in [1.165, 1.54) is 5.56 Å². The highest BCUT2D eigenvalue weighted by molar-refractivity contribution is 5.62. The van der Waals surface area contributed by atoms with E-state index in [0.29, 0.717) is 5.92 Å². The molecule has 98 valence electrons. The Kier molecular flexibility index (Phi) is 5.14. The predicted molar refractivity (Wildman–Crippen MR) is 78.0 cm³/mol. The van der Waals surface area contributed by atoms with Crippen LogP contribution in [0.2, 0.25) is 0 Å². The number of anilines is 1. The van der Waals surface area contributed by atoms with Gasteiger partial charge in [-0.15, -0.1) is 0 Å². The van der Waals surface area contributed by atoms with Gasteiger partial charge >= 0.3 is 0 Å². The summed E-state index contributed by atoms with van der Waals surface area (Å²) >= 11 is 0. The molecule has 0 radical (unpaired) electrons. The van der Waals surface area contributed by atoms with Gasteiger partial charge in [0, 0.05) is 18.2 Å². The number of carbonyl (C=O) groups excluding carboxylic acids is 1. The summed E-state index contributed by atoms with van der Waals surface area (Å²) in [4.78, 5) is 11.0. The van der Waals surface area contributed by atoms with Crippen LogP contribution in [0.3, 0.4) is 0 Å². The zero-order chi connectivity index (χ0) is 13.6. The Morgan fingerprint density at radius 3 is 2.39 bits per heavy atom. The van der Waals surface area contributed by atoms with E-state index in [9.17, 15) is 4.79 Å². The molecular formula is C16H23NO. The van der Waals surface area contributed by atoms with Crippen molar-refractivity contribution >= 4 is 12.0 Å². The van der Waals surface area contributed by atoms with Gasteiger partial charge in [-0.25, -0.2) is 0 Å². The lowest BCUT2D eigenvalue weighted by atomic mass is 9.87. The minimum absolute atomic E-state index is 0.321. The second-order valence-electron chi connectivity index (χ2n) is 5.00. The molecule has 2 nitrogen and oxygen atoms in total. The maximum absolute atomic E-state index is 11.0. The number of allylic oxidation sites excluding steroid dienone is 2. The number of hydrogen-bond donors (Lipinski definition) is 1. The van der Waals surface area contributed by atoms with Gasteiger partial charge in [0.1, 0.15) is 6.29 Å². The van der Waals surface area contributed by atoms with Crippen molar-refractivity contribution in [2.45, 2.75) is 33.1 Å². The van der Waals surface area contributed by atoms with Crippen LogP contribution in [0.25, 0.3) is 0 Å². The lowest BCUT2D eigenvalue weighted by molar-refractivity contribution is -0.113. The molecule has 1 aromatic rings. The van der Waals surface area contributed by atoms with Gasteiger partial charge in [-0.2, -0.15) is 0 Å². The summed E-state index contributed by atoms with van der Waals surface area (Å²) in [7, 11) is 1.91. The van der Waals surface area contributed by atoms with Crippen molar-refractivity contribution in [1.29, 1.82) is 0 Å². The maximum atomic E-state index is 11.0. The van der Waals surface area contributed by atoms with Gasteiger partial charge < -0.3 is 10.1 Å². The van der Waals surface area contributed by atoms with Crippen molar-refractivity contribution in [3.05, 3.63) is 42.0 Å². The van der Waals surface area contributed by atoms with Gasteiger partial charge in [-0.05, 0) is 37.0 Å². The third kappa shape index (κ3) is 3.73. The fourth-order valence-electron chi connectivity index (χ4n) is 1.67. The van der Waals surface area contributed by atoms with E-state index in [4.69, 9.17) is 0 Å². The van der Waals surface area contributed by atoms with E-state index < -0.39 is 0 Å². The number of carbonyl (C=O) groups is 1. The summed E-state index contributed by atoms with van der Waals surface area (Å²) in [6.45, 7) is 6.14. The largest absolute Gasteiger partial charge is 0.388 e. The highest BCUT2D eigenvalue weighted by Gasteiger charge is 2.17. The minimum atomic E-state index is -0.334. The molecule has 0 aromatic heterocycles. The van der Waals surface area contributed by atoms with Crippen molar-refractivity contribution in [3.63, 3.8) is 0 Å². The van der Waals surface area contributed by atoms with Crippen LogP contribution in [0, 0.1) is 5.41 Å². The van der Waals surface area contributed by atoms with Gasteiger partial charge in [-0.3, -0.25) is 0 Å². The molecule has 18 heavy (non-hydrogen) atoms. The summed E-state index contributed by atoms with van der Waals surface area (Å²) in [5.41, 5.74) is 2.04. The third-order valence-electron chi connectivity index (χ3n) is 3.52. The maximum Gasteiger partial charge on any atom is 0.129 e. The van der Waals surface area contributed by atoms with Gasteiger partial charge in [0.05, 0.1) is 0 Å². The van der Waals surface area contributed by atoms with Gasteiger partial charge in [0.15, 0.2) is 0 Å². The molecule has 1 rings (SSSR count). The van der Waals surface area contributed by atoms with E-state index in [1.54, 1.807) is 0 Å². The Balaban J connectivity index is 2.78. The SMILES string of the molecule is CCC(C)(C=O)/C=C/C(C)c1ccc(NC)cc1. The van der Waals surface area contributed by atoms with Crippen LogP contribution in [0.1, 0.15) is 38.7 Å². The molecule has 1 aromatic carbocycles. The van der Waals surface area contributed by atoms with Crippen LogP contribution >= 0.6 is 0 Å². The van der Waals surface area contributed by atoms with Crippen molar-refractivity contribution in [1.82, 2.24) is 0 Å². The molecule has 2 unspecified atom stereocenters. The third-order valence-corrected chi connectivity index (χ3v) is 3.52. The normalized spacial score (nSPS) is 16.2. The molecule has 0 aliphatic carbocycles.